The zero-order valence-corrected chi connectivity index (χ0v) is 11.2. The van der Waals surface area contributed by atoms with Gasteiger partial charge in [0.05, 0.1) is 13.0 Å². The van der Waals surface area contributed by atoms with E-state index in [4.69, 9.17) is 0 Å². The third-order valence-corrected chi connectivity index (χ3v) is 3.73. The summed E-state index contributed by atoms with van der Waals surface area (Å²) in [7, 11) is 3.30. The van der Waals surface area contributed by atoms with Crippen LogP contribution in [0.15, 0.2) is 15.9 Å². The molecule has 0 saturated carbocycles. The molecule has 0 N–H and O–H groups in total. The van der Waals surface area contributed by atoms with E-state index in [0.717, 1.165) is 30.5 Å². The van der Waals surface area contributed by atoms with Crippen LogP contribution in [0.4, 0.5) is 0 Å². The van der Waals surface area contributed by atoms with Crippen LogP contribution in [0.1, 0.15) is 12.8 Å². The lowest BCUT2D eigenvalue weighted by Gasteiger charge is -2.18. The fourth-order valence-corrected chi connectivity index (χ4v) is 2.66. The third-order valence-electron chi connectivity index (χ3n) is 3.73. The van der Waals surface area contributed by atoms with Crippen molar-refractivity contribution in [2.24, 2.45) is 14.1 Å². The maximum Gasteiger partial charge on any atom is 0.333 e. The Balaban J connectivity index is 2.24. The summed E-state index contributed by atoms with van der Waals surface area (Å²) in [4.78, 5) is 30.6. The minimum Gasteiger partial charge on any atom is -0.320 e. The second-order valence-corrected chi connectivity index (χ2v) is 5.07. The minimum absolute atomic E-state index is 0.284. The standard InChI is InChI=1S/C12H17N5O2/c1-14-7-13-9-10(14)17(8-16-5-3-4-6-16)12(19)15(2)11(9)18/h7H,3-6,8H2,1-2H3. The van der Waals surface area contributed by atoms with Crippen molar-refractivity contribution < 1.29 is 0 Å². The first-order valence-electron chi connectivity index (χ1n) is 6.43. The van der Waals surface area contributed by atoms with Gasteiger partial charge in [-0.25, -0.2) is 9.78 Å². The van der Waals surface area contributed by atoms with E-state index in [2.05, 4.69) is 9.88 Å². The summed E-state index contributed by atoms with van der Waals surface area (Å²) in [5, 5.41) is 0. The molecule has 7 nitrogen and oxygen atoms in total. The summed E-state index contributed by atoms with van der Waals surface area (Å²) in [6.07, 6.45) is 3.90. The summed E-state index contributed by atoms with van der Waals surface area (Å²) < 4.78 is 4.49. The monoisotopic (exact) mass is 263 g/mol. The number of hydrogen-bond acceptors (Lipinski definition) is 4. The third kappa shape index (κ3) is 1.81. The van der Waals surface area contributed by atoms with E-state index in [1.807, 2.05) is 0 Å². The Morgan fingerprint density at radius 1 is 1.21 bits per heavy atom. The summed E-state index contributed by atoms with van der Waals surface area (Å²) in [6, 6.07) is 0. The first kappa shape index (κ1) is 12.2. The normalized spacial score (nSPS) is 16.5. The molecular formula is C12H17N5O2. The van der Waals surface area contributed by atoms with Crippen molar-refractivity contribution in [3.63, 3.8) is 0 Å². The predicted octanol–water partition coefficient (Wildman–Crippen LogP) is -0.513. The van der Waals surface area contributed by atoms with Gasteiger partial charge in [-0.05, 0) is 25.9 Å². The van der Waals surface area contributed by atoms with Gasteiger partial charge < -0.3 is 4.57 Å². The molecule has 1 fully saturated rings. The van der Waals surface area contributed by atoms with Crippen LogP contribution >= 0.6 is 0 Å². The van der Waals surface area contributed by atoms with Crippen molar-refractivity contribution >= 4 is 11.2 Å². The molecule has 7 heteroatoms. The van der Waals surface area contributed by atoms with Crippen LogP contribution in [0.5, 0.6) is 0 Å². The summed E-state index contributed by atoms with van der Waals surface area (Å²) in [5.41, 5.74) is 0.329. The number of rotatable bonds is 2. The highest BCUT2D eigenvalue weighted by atomic mass is 16.2. The Labute approximate surface area is 109 Å². The summed E-state index contributed by atoms with van der Waals surface area (Å²) in [5.74, 6) is 0. The number of fused-ring (bicyclic) bond motifs is 1. The quantitative estimate of drug-likeness (QED) is 0.732. The Hall–Kier alpha value is -1.89. The van der Waals surface area contributed by atoms with Crippen molar-refractivity contribution in [1.82, 2.24) is 23.6 Å². The maximum absolute atomic E-state index is 12.3. The first-order valence-corrected chi connectivity index (χ1v) is 6.43. The van der Waals surface area contributed by atoms with Gasteiger partial charge in [-0.2, -0.15) is 0 Å². The highest BCUT2D eigenvalue weighted by Gasteiger charge is 2.18. The molecule has 0 amide bonds. The van der Waals surface area contributed by atoms with E-state index < -0.39 is 0 Å². The highest BCUT2D eigenvalue weighted by Crippen LogP contribution is 2.11. The van der Waals surface area contributed by atoms with E-state index in [1.165, 1.54) is 7.05 Å². The molecule has 1 aliphatic rings. The maximum atomic E-state index is 12.3. The molecule has 19 heavy (non-hydrogen) atoms. The van der Waals surface area contributed by atoms with Crippen molar-refractivity contribution in [2.75, 3.05) is 13.1 Å². The lowest BCUT2D eigenvalue weighted by Crippen LogP contribution is -2.41. The van der Waals surface area contributed by atoms with Crippen LogP contribution in [-0.4, -0.2) is 36.7 Å². The second kappa shape index (κ2) is 4.34. The Kier molecular flexibility index (Phi) is 2.78. The van der Waals surface area contributed by atoms with Crippen LogP contribution < -0.4 is 11.2 Å². The van der Waals surface area contributed by atoms with Gasteiger partial charge in [-0.3, -0.25) is 18.8 Å². The number of likely N-dealkylation sites (tertiary alicyclic amines) is 1. The minimum atomic E-state index is -0.335. The fraction of sp³-hybridized carbons (Fsp3) is 0.583. The number of aromatic nitrogens is 4. The predicted molar refractivity (Wildman–Crippen MR) is 71.0 cm³/mol. The molecule has 0 atom stereocenters. The number of imidazole rings is 1. The molecule has 0 aromatic carbocycles. The second-order valence-electron chi connectivity index (χ2n) is 5.07. The van der Waals surface area contributed by atoms with Crippen LogP contribution in [0.25, 0.3) is 11.2 Å². The number of hydrogen-bond donors (Lipinski definition) is 0. The van der Waals surface area contributed by atoms with Gasteiger partial charge in [-0.1, -0.05) is 0 Å². The summed E-state index contributed by atoms with van der Waals surface area (Å²) >= 11 is 0. The van der Waals surface area contributed by atoms with Gasteiger partial charge in [0.1, 0.15) is 0 Å². The molecule has 3 rings (SSSR count). The van der Waals surface area contributed by atoms with E-state index >= 15 is 0 Å². The fourth-order valence-electron chi connectivity index (χ4n) is 2.66. The average Bonchev–Trinajstić information content (AvgIpc) is 3.02. The van der Waals surface area contributed by atoms with Crippen molar-refractivity contribution in [2.45, 2.75) is 19.5 Å². The molecule has 0 spiro atoms. The van der Waals surface area contributed by atoms with E-state index in [0.29, 0.717) is 17.8 Å². The Bertz CT molecular complexity index is 733. The SMILES string of the molecule is Cn1c(=O)c2ncn(C)c2n(CN2CCCC2)c1=O. The number of aryl methyl sites for hydroxylation is 1. The Morgan fingerprint density at radius 2 is 1.89 bits per heavy atom. The van der Waals surface area contributed by atoms with Gasteiger partial charge >= 0.3 is 5.69 Å². The molecule has 0 radical (unpaired) electrons. The lowest BCUT2D eigenvalue weighted by molar-refractivity contribution is 0.265. The van der Waals surface area contributed by atoms with Gasteiger partial charge in [0, 0.05) is 14.1 Å². The smallest absolute Gasteiger partial charge is 0.320 e. The lowest BCUT2D eigenvalue weighted by atomic mass is 10.4. The molecule has 1 aliphatic heterocycles. The average molecular weight is 263 g/mol. The molecule has 0 unspecified atom stereocenters. The van der Waals surface area contributed by atoms with E-state index in [1.54, 1.807) is 22.5 Å². The zero-order chi connectivity index (χ0) is 13.6. The van der Waals surface area contributed by atoms with Gasteiger partial charge in [0.2, 0.25) is 0 Å². The number of nitrogens with zero attached hydrogens (tertiary/aromatic N) is 5. The summed E-state index contributed by atoms with van der Waals surface area (Å²) in [6.45, 7) is 2.51. The van der Waals surface area contributed by atoms with Crippen molar-refractivity contribution in [3.8, 4) is 0 Å². The van der Waals surface area contributed by atoms with Gasteiger partial charge in [0.25, 0.3) is 5.56 Å². The van der Waals surface area contributed by atoms with E-state index in [-0.39, 0.29) is 11.2 Å². The molecule has 0 aliphatic carbocycles. The zero-order valence-electron chi connectivity index (χ0n) is 11.2. The molecule has 3 heterocycles. The van der Waals surface area contributed by atoms with Gasteiger partial charge in [-0.15, -0.1) is 0 Å². The molecule has 2 aromatic heterocycles. The molecule has 102 valence electrons. The topological polar surface area (TPSA) is 65.1 Å². The molecule has 1 saturated heterocycles. The van der Waals surface area contributed by atoms with E-state index in [9.17, 15) is 9.59 Å². The van der Waals surface area contributed by atoms with Crippen LogP contribution in [-0.2, 0) is 20.8 Å². The molecule has 2 aromatic rings. The van der Waals surface area contributed by atoms with Crippen LogP contribution in [0, 0.1) is 0 Å². The first-order chi connectivity index (χ1) is 9.09. The molecular weight excluding hydrogens is 246 g/mol. The van der Waals surface area contributed by atoms with Crippen molar-refractivity contribution in [3.05, 3.63) is 27.2 Å². The van der Waals surface area contributed by atoms with Crippen LogP contribution in [0.3, 0.4) is 0 Å². The highest BCUT2D eigenvalue weighted by molar-refractivity contribution is 5.69. The van der Waals surface area contributed by atoms with Gasteiger partial charge in [0.15, 0.2) is 11.2 Å². The van der Waals surface area contributed by atoms with Crippen LogP contribution in [0.2, 0.25) is 0 Å². The molecule has 0 bridgehead atoms. The largest absolute Gasteiger partial charge is 0.333 e. The Morgan fingerprint density at radius 3 is 2.58 bits per heavy atom. The van der Waals surface area contributed by atoms with Crippen molar-refractivity contribution in [1.29, 1.82) is 0 Å².